The quantitative estimate of drug-likeness (QED) is 0.720. The Bertz CT molecular complexity index is 172. The third-order valence-corrected chi connectivity index (χ3v) is 2.10. The topological polar surface area (TPSA) is 33.1 Å². The molecular weight excluding hydrogens is 146 g/mol. The maximum absolute atomic E-state index is 8.93. The van der Waals surface area contributed by atoms with E-state index < -0.39 is 0 Å². The molecule has 0 aromatic carbocycles. The normalized spacial score (nSPS) is 13.4. The summed E-state index contributed by atoms with van der Waals surface area (Å²) in [7, 11) is 0. The molecule has 1 atom stereocenters. The number of hydrogen-bond acceptors (Lipinski definition) is 3. The number of thiazole rings is 1. The summed E-state index contributed by atoms with van der Waals surface area (Å²) in [6.45, 7) is 1.80. The maximum Gasteiger partial charge on any atom is 0.0925 e. The zero-order valence-corrected chi connectivity index (χ0v) is 6.77. The first-order chi connectivity index (χ1) is 4.79. The molecule has 1 N–H and O–H groups in total. The molecule has 3 heteroatoms. The second-order valence-corrected chi connectivity index (χ2v) is 3.29. The predicted molar refractivity (Wildman–Crippen MR) is 42.1 cm³/mol. The minimum absolute atomic E-state index is 0.205. The van der Waals surface area contributed by atoms with Crippen LogP contribution in [0.2, 0.25) is 0 Å². The lowest BCUT2D eigenvalue weighted by atomic mass is 10.2. The third kappa shape index (κ3) is 2.45. The van der Waals surface area contributed by atoms with Gasteiger partial charge in [0.05, 0.1) is 11.1 Å². The van der Waals surface area contributed by atoms with Crippen LogP contribution in [-0.2, 0) is 6.42 Å². The van der Waals surface area contributed by atoms with Gasteiger partial charge in [-0.1, -0.05) is 0 Å². The van der Waals surface area contributed by atoms with Crippen LogP contribution in [0.5, 0.6) is 0 Å². The molecule has 0 amide bonds. The molecule has 0 bridgehead atoms. The van der Waals surface area contributed by atoms with Gasteiger partial charge >= 0.3 is 0 Å². The minimum Gasteiger partial charge on any atom is -0.393 e. The molecule has 0 saturated carbocycles. The van der Waals surface area contributed by atoms with Crippen LogP contribution in [-0.4, -0.2) is 16.2 Å². The fourth-order valence-corrected chi connectivity index (χ4v) is 1.35. The van der Waals surface area contributed by atoms with Gasteiger partial charge < -0.3 is 5.11 Å². The summed E-state index contributed by atoms with van der Waals surface area (Å²) in [5, 5.41) is 12.0. The van der Waals surface area contributed by atoms with Crippen molar-refractivity contribution >= 4 is 11.3 Å². The molecule has 0 radical (unpaired) electrons. The van der Waals surface area contributed by atoms with Crippen LogP contribution in [0.15, 0.2) is 11.6 Å². The molecule has 56 valence electrons. The van der Waals surface area contributed by atoms with E-state index in [4.69, 9.17) is 5.11 Å². The fraction of sp³-hybridized carbons (Fsp3) is 0.571. The second-order valence-electron chi connectivity index (χ2n) is 2.31. The van der Waals surface area contributed by atoms with E-state index in [1.807, 2.05) is 5.38 Å². The summed E-state index contributed by atoms with van der Waals surface area (Å²) in [6.07, 6.45) is 3.30. The Labute approximate surface area is 64.5 Å². The lowest BCUT2D eigenvalue weighted by molar-refractivity contribution is 0.185. The number of rotatable bonds is 3. The molecular formula is C7H11NOS. The Morgan fingerprint density at radius 1 is 1.80 bits per heavy atom. The number of aliphatic hydroxyl groups is 1. The van der Waals surface area contributed by atoms with E-state index in [1.54, 1.807) is 24.5 Å². The zero-order chi connectivity index (χ0) is 7.40. The lowest BCUT2D eigenvalue weighted by Gasteiger charge is -1.99. The van der Waals surface area contributed by atoms with Crippen LogP contribution in [0.1, 0.15) is 18.4 Å². The van der Waals surface area contributed by atoms with E-state index >= 15 is 0 Å². The van der Waals surface area contributed by atoms with Gasteiger partial charge in [-0.25, -0.2) is 4.98 Å². The van der Waals surface area contributed by atoms with Crippen molar-refractivity contribution in [3.63, 3.8) is 0 Å². The van der Waals surface area contributed by atoms with Gasteiger partial charge in [-0.05, 0) is 13.3 Å². The van der Waals surface area contributed by atoms with E-state index in [2.05, 4.69) is 4.98 Å². The summed E-state index contributed by atoms with van der Waals surface area (Å²) in [4.78, 5) is 4.10. The van der Waals surface area contributed by atoms with Gasteiger partial charge in [0, 0.05) is 18.0 Å². The van der Waals surface area contributed by atoms with Gasteiger partial charge in [-0.15, -0.1) is 11.3 Å². The van der Waals surface area contributed by atoms with Crippen LogP contribution >= 0.6 is 11.3 Å². The highest BCUT2D eigenvalue weighted by Crippen LogP contribution is 2.07. The zero-order valence-electron chi connectivity index (χ0n) is 5.95. The molecule has 0 aliphatic heterocycles. The lowest BCUT2D eigenvalue weighted by Crippen LogP contribution is -2.00. The summed E-state index contributed by atoms with van der Waals surface area (Å²) in [6, 6.07) is 0. The van der Waals surface area contributed by atoms with Crippen molar-refractivity contribution in [3.8, 4) is 0 Å². The monoisotopic (exact) mass is 157 g/mol. The van der Waals surface area contributed by atoms with E-state index in [0.717, 1.165) is 17.8 Å². The molecule has 10 heavy (non-hydrogen) atoms. The molecule has 0 aliphatic carbocycles. The second kappa shape index (κ2) is 3.68. The van der Waals surface area contributed by atoms with Crippen molar-refractivity contribution < 1.29 is 5.11 Å². The first-order valence-corrected chi connectivity index (χ1v) is 4.23. The Morgan fingerprint density at radius 2 is 2.60 bits per heavy atom. The standard InChI is InChI=1S/C7H11NOS/c1-6(9)2-3-7-8-4-5-10-7/h4-6,9H,2-3H2,1H3. The first-order valence-electron chi connectivity index (χ1n) is 3.35. The van der Waals surface area contributed by atoms with Gasteiger partial charge in [0.1, 0.15) is 0 Å². The first kappa shape index (κ1) is 7.69. The van der Waals surface area contributed by atoms with Crippen molar-refractivity contribution in [2.24, 2.45) is 0 Å². The van der Waals surface area contributed by atoms with Crippen molar-refractivity contribution in [2.75, 3.05) is 0 Å². The number of nitrogens with zero attached hydrogens (tertiary/aromatic N) is 1. The highest BCUT2D eigenvalue weighted by Gasteiger charge is 1.98. The molecule has 0 spiro atoms. The summed E-state index contributed by atoms with van der Waals surface area (Å²) < 4.78 is 0. The molecule has 1 unspecified atom stereocenters. The summed E-state index contributed by atoms with van der Waals surface area (Å²) >= 11 is 1.64. The van der Waals surface area contributed by atoms with Crippen LogP contribution in [0, 0.1) is 0 Å². The third-order valence-electron chi connectivity index (χ3n) is 1.26. The summed E-state index contributed by atoms with van der Waals surface area (Å²) in [5.74, 6) is 0. The molecule has 1 aromatic rings. The van der Waals surface area contributed by atoms with E-state index in [-0.39, 0.29) is 6.10 Å². The van der Waals surface area contributed by atoms with Crippen molar-refractivity contribution in [3.05, 3.63) is 16.6 Å². The molecule has 2 nitrogen and oxygen atoms in total. The van der Waals surface area contributed by atoms with Gasteiger partial charge in [-0.3, -0.25) is 0 Å². The number of aryl methyl sites for hydroxylation is 1. The van der Waals surface area contributed by atoms with Crippen LogP contribution < -0.4 is 0 Å². The Kier molecular flexibility index (Phi) is 2.83. The number of hydrogen-bond donors (Lipinski definition) is 1. The maximum atomic E-state index is 8.93. The Balaban J connectivity index is 2.28. The molecule has 1 rings (SSSR count). The van der Waals surface area contributed by atoms with Crippen LogP contribution in [0.4, 0.5) is 0 Å². The number of aromatic nitrogens is 1. The van der Waals surface area contributed by atoms with Crippen molar-refractivity contribution in [1.29, 1.82) is 0 Å². The smallest absolute Gasteiger partial charge is 0.0925 e. The van der Waals surface area contributed by atoms with Crippen molar-refractivity contribution in [1.82, 2.24) is 4.98 Å². The van der Waals surface area contributed by atoms with Gasteiger partial charge in [-0.2, -0.15) is 0 Å². The minimum atomic E-state index is -0.205. The largest absolute Gasteiger partial charge is 0.393 e. The van der Waals surface area contributed by atoms with Crippen LogP contribution in [0.25, 0.3) is 0 Å². The fourth-order valence-electron chi connectivity index (χ4n) is 0.709. The predicted octanol–water partition coefficient (Wildman–Crippen LogP) is 1.46. The number of aliphatic hydroxyl groups excluding tert-OH is 1. The van der Waals surface area contributed by atoms with E-state index in [9.17, 15) is 0 Å². The highest BCUT2D eigenvalue weighted by atomic mass is 32.1. The van der Waals surface area contributed by atoms with Gasteiger partial charge in [0.25, 0.3) is 0 Å². The molecule has 1 aromatic heterocycles. The Hall–Kier alpha value is -0.410. The Morgan fingerprint density at radius 3 is 3.10 bits per heavy atom. The van der Waals surface area contributed by atoms with Crippen molar-refractivity contribution in [2.45, 2.75) is 25.9 Å². The molecule has 0 saturated heterocycles. The SMILES string of the molecule is CC(O)CCc1nccs1. The average Bonchev–Trinajstić information content (AvgIpc) is 2.34. The highest BCUT2D eigenvalue weighted by molar-refractivity contribution is 7.09. The summed E-state index contributed by atoms with van der Waals surface area (Å²) in [5.41, 5.74) is 0. The average molecular weight is 157 g/mol. The molecule has 0 aliphatic rings. The van der Waals surface area contributed by atoms with E-state index in [1.165, 1.54) is 0 Å². The van der Waals surface area contributed by atoms with Crippen LogP contribution in [0.3, 0.4) is 0 Å². The molecule has 0 fully saturated rings. The van der Waals surface area contributed by atoms with Gasteiger partial charge in [0.2, 0.25) is 0 Å². The van der Waals surface area contributed by atoms with E-state index in [0.29, 0.717) is 0 Å². The van der Waals surface area contributed by atoms with Gasteiger partial charge in [0.15, 0.2) is 0 Å². The molecule has 1 heterocycles.